The Morgan fingerprint density at radius 1 is 1.43 bits per heavy atom. The van der Waals surface area contributed by atoms with Crippen molar-refractivity contribution in [3.63, 3.8) is 0 Å². The number of hydrogen-bond donors (Lipinski definition) is 2. The van der Waals surface area contributed by atoms with E-state index in [9.17, 15) is 9.18 Å². The van der Waals surface area contributed by atoms with Gasteiger partial charge in [0.25, 0.3) is 0 Å². The minimum absolute atomic E-state index is 0.231. The summed E-state index contributed by atoms with van der Waals surface area (Å²) in [5.41, 5.74) is 1.29. The number of anilines is 1. The number of imidazole rings is 1. The lowest BCUT2D eigenvalue weighted by Gasteiger charge is -2.00. The van der Waals surface area contributed by atoms with Gasteiger partial charge in [-0.2, -0.15) is 4.99 Å². The Labute approximate surface area is 134 Å². The van der Waals surface area contributed by atoms with Crippen LogP contribution in [-0.4, -0.2) is 30.7 Å². The first-order valence-electron chi connectivity index (χ1n) is 6.29. The molecule has 23 heavy (non-hydrogen) atoms. The molecule has 2 heterocycles. The molecule has 9 heteroatoms. The Hall–Kier alpha value is -3.16. The normalized spacial score (nSPS) is 10.3. The molecular formula is C14H8FN5O2S. The van der Waals surface area contributed by atoms with Gasteiger partial charge in [-0.05, 0) is 30.4 Å². The fraction of sp³-hybridized carbons (Fsp3) is 0. The van der Waals surface area contributed by atoms with E-state index in [-0.39, 0.29) is 11.3 Å². The van der Waals surface area contributed by atoms with Gasteiger partial charge < -0.3 is 5.11 Å². The number of rotatable bonds is 3. The largest absolute Gasteiger partial charge is 0.465 e. The summed E-state index contributed by atoms with van der Waals surface area (Å²) >= 11 is 4.53. The number of aliphatic imine (C=N–C) groups is 1. The molecule has 0 aliphatic heterocycles. The van der Waals surface area contributed by atoms with E-state index in [2.05, 4.69) is 37.7 Å². The van der Waals surface area contributed by atoms with E-state index in [4.69, 9.17) is 5.11 Å². The number of carboxylic acid groups (broad SMARTS) is 1. The van der Waals surface area contributed by atoms with Crippen LogP contribution in [0, 0.1) is 5.82 Å². The first-order chi connectivity index (χ1) is 11.1. The summed E-state index contributed by atoms with van der Waals surface area (Å²) < 4.78 is 15.5. The number of fused-ring (bicyclic) bond motifs is 1. The number of carbonyl (C=O) groups is 1. The summed E-state index contributed by atoms with van der Waals surface area (Å²) in [6.07, 6.45) is 3.15. The molecule has 0 saturated carbocycles. The first kappa shape index (κ1) is 14.8. The van der Waals surface area contributed by atoms with E-state index >= 15 is 0 Å². The van der Waals surface area contributed by atoms with Gasteiger partial charge in [0, 0.05) is 18.0 Å². The van der Waals surface area contributed by atoms with Gasteiger partial charge in [0.2, 0.25) is 5.78 Å². The molecule has 0 aliphatic rings. The summed E-state index contributed by atoms with van der Waals surface area (Å²) in [6, 6.07) is 4.23. The van der Waals surface area contributed by atoms with Crippen molar-refractivity contribution < 1.29 is 14.3 Å². The van der Waals surface area contributed by atoms with Crippen molar-refractivity contribution in [1.82, 2.24) is 14.4 Å². The van der Waals surface area contributed by atoms with Gasteiger partial charge in [-0.3, -0.25) is 9.72 Å². The lowest BCUT2D eigenvalue weighted by atomic mass is 10.1. The summed E-state index contributed by atoms with van der Waals surface area (Å²) in [7, 11) is 0. The molecule has 2 N–H and O–H groups in total. The molecule has 0 radical (unpaired) electrons. The van der Waals surface area contributed by atoms with Crippen molar-refractivity contribution in [3.8, 4) is 11.3 Å². The number of isothiocyanates is 1. The molecule has 2 aromatic heterocycles. The molecule has 7 nitrogen and oxygen atoms in total. The number of nitrogens with one attached hydrogen (secondary N) is 1. The van der Waals surface area contributed by atoms with Gasteiger partial charge in [-0.15, -0.1) is 0 Å². The van der Waals surface area contributed by atoms with Gasteiger partial charge in [-0.25, -0.2) is 19.2 Å². The van der Waals surface area contributed by atoms with E-state index in [0.29, 0.717) is 17.2 Å². The molecule has 0 fully saturated rings. The van der Waals surface area contributed by atoms with Crippen LogP contribution in [0.25, 0.3) is 17.0 Å². The van der Waals surface area contributed by atoms with Crippen LogP contribution in [-0.2, 0) is 0 Å². The second kappa shape index (κ2) is 5.91. The van der Waals surface area contributed by atoms with E-state index in [1.165, 1.54) is 35.0 Å². The van der Waals surface area contributed by atoms with Crippen LogP contribution < -0.4 is 5.32 Å². The molecule has 1 amide bonds. The summed E-state index contributed by atoms with van der Waals surface area (Å²) in [6.45, 7) is 0. The highest BCUT2D eigenvalue weighted by Crippen LogP contribution is 2.26. The highest BCUT2D eigenvalue weighted by molar-refractivity contribution is 7.78. The Kier molecular flexibility index (Phi) is 3.80. The molecule has 0 spiro atoms. The van der Waals surface area contributed by atoms with E-state index in [1.807, 2.05) is 0 Å². The second-order valence-electron chi connectivity index (χ2n) is 4.47. The van der Waals surface area contributed by atoms with Crippen molar-refractivity contribution in [3.05, 3.63) is 42.6 Å². The molecule has 0 bridgehead atoms. The van der Waals surface area contributed by atoms with Gasteiger partial charge in [-0.1, -0.05) is 0 Å². The summed E-state index contributed by atoms with van der Waals surface area (Å²) in [5, 5.41) is 13.1. The van der Waals surface area contributed by atoms with Crippen LogP contribution in [0.15, 0.2) is 41.8 Å². The van der Waals surface area contributed by atoms with Crippen molar-refractivity contribution in [2.45, 2.75) is 0 Å². The number of aromatic nitrogens is 3. The van der Waals surface area contributed by atoms with Gasteiger partial charge >= 0.3 is 6.09 Å². The van der Waals surface area contributed by atoms with Gasteiger partial charge in [0.1, 0.15) is 5.82 Å². The Bertz CT molecular complexity index is 965. The molecule has 0 aliphatic carbocycles. The average molecular weight is 329 g/mol. The quantitative estimate of drug-likeness (QED) is 0.568. The Morgan fingerprint density at radius 3 is 3.00 bits per heavy atom. The molecule has 114 valence electrons. The smallest absolute Gasteiger partial charge is 0.409 e. The fourth-order valence-electron chi connectivity index (χ4n) is 2.03. The summed E-state index contributed by atoms with van der Waals surface area (Å²) in [4.78, 5) is 22.7. The number of amides is 1. The minimum Gasteiger partial charge on any atom is -0.465 e. The lowest BCUT2D eigenvalue weighted by molar-refractivity contribution is 0.209. The third-order valence-corrected chi connectivity index (χ3v) is 3.05. The van der Waals surface area contributed by atoms with Crippen LogP contribution in [0.2, 0.25) is 0 Å². The van der Waals surface area contributed by atoms with E-state index in [0.717, 1.165) is 0 Å². The molecule has 3 aromatic rings. The number of hydrogen-bond acceptors (Lipinski definition) is 5. The lowest BCUT2D eigenvalue weighted by Crippen LogP contribution is -2.08. The Balaban J connectivity index is 2.08. The maximum absolute atomic E-state index is 14.0. The second-order valence-corrected chi connectivity index (χ2v) is 4.66. The Morgan fingerprint density at radius 2 is 2.26 bits per heavy atom. The van der Waals surface area contributed by atoms with Crippen LogP contribution in [0.5, 0.6) is 0 Å². The fourth-order valence-corrected chi connectivity index (χ4v) is 2.14. The maximum atomic E-state index is 14.0. The van der Waals surface area contributed by atoms with E-state index in [1.54, 1.807) is 6.20 Å². The highest BCUT2D eigenvalue weighted by atomic mass is 32.1. The van der Waals surface area contributed by atoms with Crippen molar-refractivity contribution in [1.29, 1.82) is 0 Å². The zero-order chi connectivity index (χ0) is 16.4. The van der Waals surface area contributed by atoms with Crippen molar-refractivity contribution in [2.75, 3.05) is 5.32 Å². The monoisotopic (exact) mass is 329 g/mol. The van der Waals surface area contributed by atoms with Gasteiger partial charge in [0.15, 0.2) is 0 Å². The van der Waals surface area contributed by atoms with Crippen LogP contribution in [0.3, 0.4) is 0 Å². The zero-order valence-corrected chi connectivity index (χ0v) is 12.2. The SMILES string of the molecule is O=C(O)Nc1cnc2nc(-c3cc(N=C=S)ccc3F)cn2c1. The first-order valence-corrected chi connectivity index (χ1v) is 6.70. The third kappa shape index (κ3) is 3.05. The standard InChI is InChI=1S/C14H8FN5O2S/c15-11-2-1-8(17-7-23)3-10(11)12-6-20-5-9(18-14(21)22)4-16-13(20)19-12/h1-6,18H,(H,21,22). The molecule has 0 unspecified atom stereocenters. The highest BCUT2D eigenvalue weighted by Gasteiger charge is 2.12. The van der Waals surface area contributed by atoms with Gasteiger partial charge in [0.05, 0.1) is 28.4 Å². The number of thiocarbonyl (C=S) groups is 1. The molecule has 0 atom stereocenters. The minimum atomic E-state index is -1.21. The van der Waals surface area contributed by atoms with E-state index < -0.39 is 11.9 Å². The topological polar surface area (TPSA) is 91.9 Å². The molecule has 3 rings (SSSR count). The summed E-state index contributed by atoms with van der Waals surface area (Å²) in [5.74, 6) is -0.167. The number of benzene rings is 1. The number of halogens is 1. The van der Waals surface area contributed by atoms with Crippen molar-refractivity contribution in [2.24, 2.45) is 4.99 Å². The number of nitrogens with zero attached hydrogens (tertiary/aromatic N) is 4. The maximum Gasteiger partial charge on any atom is 0.409 e. The zero-order valence-electron chi connectivity index (χ0n) is 11.4. The molecular weight excluding hydrogens is 321 g/mol. The average Bonchev–Trinajstić information content (AvgIpc) is 2.91. The molecule has 1 aromatic carbocycles. The van der Waals surface area contributed by atoms with Crippen LogP contribution in [0.4, 0.5) is 20.6 Å². The molecule has 0 saturated heterocycles. The predicted molar refractivity (Wildman–Crippen MR) is 84.7 cm³/mol. The van der Waals surface area contributed by atoms with Crippen LogP contribution >= 0.6 is 12.2 Å². The predicted octanol–water partition coefficient (Wildman–Crippen LogP) is 3.36. The van der Waals surface area contributed by atoms with Crippen molar-refractivity contribution >= 4 is 40.6 Å². The third-order valence-electron chi connectivity index (χ3n) is 2.96. The van der Waals surface area contributed by atoms with Crippen LogP contribution in [0.1, 0.15) is 0 Å².